The number of nitrogens with one attached hydrogen (secondary N) is 2. The van der Waals surface area contributed by atoms with E-state index in [1.165, 1.54) is 17.0 Å². The summed E-state index contributed by atoms with van der Waals surface area (Å²) >= 11 is 0. The molecule has 0 saturated heterocycles. The van der Waals surface area contributed by atoms with E-state index >= 15 is 0 Å². The minimum absolute atomic E-state index is 0.0950. The number of carbonyl (C=O) groups excluding carboxylic acids is 2. The van der Waals surface area contributed by atoms with Crippen LogP contribution in [0.4, 0.5) is 9.18 Å². The molecule has 2 N–H and O–H groups in total. The van der Waals surface area contributed by atoms with Crippen molar-refractivity contribution in [2.24, 2.45) is 0 Å². The Balaban J connectivity index is 1.61. The Morgan fingerprint density at radius 3 is 2.56 bits per heavy atom. The molecule has 0 aliphatic carbocycles. The summed E-state index contributed by atoms with van der Waals surface area (Å²) in [6, 6.07) is 12.8. The van der Waals surface area contributed by atoms with E-state index in [0.29, 0.717) is 22.3 Å². The van der Waals surface area contributed by atoms with Crippen LogP contribution in [-0.2, 0) is 11.3 Å². The molecule has 4 aromatic rings. The second-order valence-corrected chi connectivity index (χ2v) is 10.1. The molecule has 0 bridgehead atoms. The number of H-pyrrole nitrogens is 2. The first kappa shape index (κ1) is 23.6. The summed E-state index contributed by atoms with van der Waals surface area (Å²) in [6.07, 6.45) is -0.551. The fourth-order valence-electron chi connectivity index (χ4n) is 4.74. The number of hydrogen-bond donors (Lipinski definition) is 2. The number of amides is 2. The first-order valence-electron chi connectivity index (χ1n) is 11.7. The molecule has 186 valence electrons. The number of pyridine rings is 1. The highest BCUT2D eigenvalue weighted by molar-refractivity contribution is 5.98. The lowest BCUT2D eigenvalue weighted by molar-refractivity contribution is 0.0142. The first-order chi connectivity index (χ1) is 17.0. The van der Waals surface area contributed by atoms with Gasteiger partial charge in [0.15, 0.2) is 0 Å². The lowest BCUT2D eigenvalue weighted by Gasteiger charge is -2.39. The maximum atomic E-state index is 14.0. The average Bonchev–Trinajstić information content (AvgIpc) is 3.26. The maximum Gasteiger partial charge on any atom is 0.410 e. The van der Waals surface area contributed by atoms with Crippen molar-refractivity contribution >= 4 is 33.7 Å². The van der Waals surface area contributed by atoms with Gasteiger partial charge in [0.25, 0.3) is 11.5 Å². The van der Waals surface area contributed by atoms with Gasteiger partial charge in [0, 0.05) is 35.8 Å². The maximum absolute atomic E-state index is 14.0. The number of carbonyl (C=O) groups is 2. The zero-order valence-corrected chi connectivity index (χ0v) is 20.5. The highest BCUT2D eigenvalue weighted by Crippen LogP contribution is 2.35. The van der Waals surface area contributed by atoms with Crippen LogP contribution in [0.2, 0.25) is 0 Å². The van der Waals surface area contributed by atoms with Gasteiger partial charge in [-0.3, -0.25) is 14.5 Å². The normalized spacial score (nSPS) is 15.7. The second-order valence-electron chi connectivity index (χ2n) is 10.1. The molecular formula is C27H27FN4O4. The number of rotatable bonds is 2. The van der Waals surface area contributed by atoms with Gasteiger partial charge in [0.05, 0.1) is 18.0 Å². The molecule has 8 nitrogen and oxygen atoms in total. The quantitative estimate of drug-likeness (QED) is 0.425. The Morgan fingerprint density at radius 2 is 1.83 bits per heavy atom. The minimum Gasteiger partial charge on any atom is -0.444 e. The largest absolute Gasteiger partial charge is 0.444 e. The molecule has 5 rings (SSSR count). The number of aromatic nitrogens is 2. The summed E-state index contributed by atoms with van der Waals surface area (Å²) < 4.78 is 19.6. The van der Waals surface area contributed by atoms with Crippen molar-refractivity contribution in [3.05, 3.63) is 81.7 Å². The van der Waals surface area contributed by atoms with Crippen molar-refractivity contribution in [1.82, 2.24) is 19.8 Å². The standard InChI is InChI=1S/C27H27FN4O4/c1-27(2,3)36-26(35)32-13-21-23(17-10-9-16(28)12-18(17)24(33)30-21)22(14-32)31(4)25(34)20-11-15-7-5-6-8-19(15)29-20/h5-12,22,29H,13-14H2,1-4H3,(H,30,33). The third-order valence-corrected chi connectivity index (χ3v) is 6.38. The van der Waals surface area contributed by atoms with Gasteiger partial charge in [0.1, 0.15) is 17.1 Å². The predicted molar refractivity (Wildman–Crippen MR) is 134 cm³/mol. The van der Waals surface area contributed by atoms with E-state index in [2.05, 4.69) is 9.97 Å². The molecule has 2 amide bonds. The summed E-state index contributed by atoms with van der Waals surface area (Å²) in [5.74, 6) is -0.812. The first-order valence-corrected chi connectivity index (χ1v) is 11.7. The third kappa shape index (κ3) is 4.21. The van der Waals surface area contributed by atoms with Crippen LogP contribution in [0.3, 0.4) is 0 Å². The molecule has 3 heterocycles. The van der Waals surface area contributed by atoms with E-state index < -0.39 is 29.1 Å². The van der Waals surface area contributed by atoms with Crippen LogP contribution in [0.5, 0.6) is 0 Å². The predicted octanol–water partition coefficient (Wildman–Crippen LogP) is 4.71. The van der Waals surface area contributed by atoms with Gasteiger partial charge in [-0.15, -0.1) is 0 Å². The van der Waals surface area contributed by atoms with E-state index in [9.17, 15) is 18.8 Å². The summed E-state index contributed by atoms with van der Waals surface area (Å²) in [5, 5.41) is 1.63. The summed E-state index contributed by atoms with van der Waals surface area (Å²) in [4.78, 5) is 48.4. The van der Waals surface area contributed by atoms with Crippen LogP contribution in [0.25, 0.3) is 21.7 Å². The second kappa shape index (κ2) is 8.51. The molecule has 2 aromatic carbocycles. The van der Waals surface area contributed by atoms with E-state index in [1.54, 1.807) is 44.9 Å². The van der Waals surface area contributed by atoms with Crippen molar-refractivity contribution in [3.8, 4) is 0 Å². The van der Waals surface area contributed by atoms with Gasteiger partial charge in [-0.2, -0.15) is 0 Å². The molecule has 2 aromatic heterocycles. The van der Waals surface area contributed by atoms with Crippen LogP contribution in [0, 0.1) is 5.82 Å². The van der Waals surface area contributed by atoms with Crippen molar-refractivity contribution in [2.75, 3.05) is 13.6 Å². The Labute approximate surface area is 206 Å². The average molecular weight is 491 g/mol. The van der Waals surface area contributed by atoms with Gasteiger partial charge in [0.2, 0.25) is 0 Å². The van der Waals surface area contributed by atoms with Crippen LogP contribution < -0.4 is 5.56 Å². The molecule has 1 atom stereocenters. The molecule has 9 heteroatoms. The molecule has 1 unspecified atom stereocenters. The zero-order valence-electron chi connectivity index (χ0n) is 20.5. The number of aromatic amines is 2. The fourth-order valence-corrected chi connectivity index (χ4v) is 4.74. The number of ether oxygens (including phenoxy) is 1. The monoisotopic (exact) mass is 490 g/mol. The molecule has 1 aliphatic rings. The molecule has 36 heavy (non-hydrogen) atoms. The Kier molecular flexibility index (Phi) is 5.58. The molecule has 0 saturated carbocycles. The summed E-state index contributed by atoms with van der Waals surface area (Å²) in [5.41, 5.74) is 1.22. The Hall–Kier alpha value is -4.14. The highest BCUT2D eigenvalue weighted by Gasteiger charge is 2.37. The van der Waals surface area contributed by atoms with E-state index in [0.717, 1.165) is 10.9 Å². The number of benzene rings is 2. The van der Waals surface area contributed by atoms with E-state index in [-0.39, 0.29) is 24.4 Å². The van der Waals surface area contributed by atoms with Gasteiger partial charge in [-0.25, -0.2) is 9.18 Å². The van der Waals surface area contributed by atoms with Gasteiger partial charge in [-0.05, 0) is 50.4 Å². The lowest BCUT2D eigenvalue weighted by Crippen LogP contribution is -2.47. The SMILES string of the molecule is CN(C(=O)c1cc2ccccc2[nH]1)C1CN(C(=O)OC(C)(C)C)Cc2[nH]c(=O)c3cc(F)ccc3c21. The fraction of sp³-hybridized carbons (Fsp3) is 0.296. The number of para-hydroxylation sites is 1. The molecule has 1 aliphatic heterocycles. The smallest absolute Gasteiger partial charge is 0.410 e. The third-order valence-electron chi connectivity index (χ3n) is 6.38. The van der Waals surface area contributed by atoms with Crippen LogP contribution in [0.1, 0.15) is 48.6 Å². The topological polar surface area (TPSA) is 98.5 Å². The van der Waals surface area contributed by atoms with Crippen molar-refractivity contribution < 1.29 is 18.7 Å². The number of likely N-dealkylation sites (N-methyl/N-ethyl adjacent to an activating group) is 1. The molecular weight excluding hydrogens is 463 g/mol. The van der Waals surface area contributed by atoms with Crippen molar-refractivity contribution in [3.63, 3.8) is 0 Å². The summed E-state index contributed by atoms with van der Waals surface area (Å²) in [7, 11) is 1.65. The van der Waals surface area contributed by atoms with Crippen molar-refractivity contribution in [1.29, 1.82) is 0 Å². The van der Waals surface area contributed by atoms with Crippen LogP contribution in [-0.4, -0.2) is 51.0 Å². The Bertz CT molecular complexity index is 1530. The summed E-state index contributed by atoms with van der Waals surface area (Å²) in [6.45, 7) is 5.56. The number of nitrogens with zero attached hydrogens (tertiary/aromatic N) is 2. The molecule has 0 spiro atoms. The number of hydrogen-bond acceptors (Lipinski definition) is 4. The molecule has 0 radical (unpaired) electrons. The van der Waals surface area contributed by atoms with Gasteiger partial charge < -0.3 is 19.6 Å². The highest BCUT2D eigenvalue weighted by atomic mass is 19.1. The van der Waals surface area contributed by atoms with Gasteiger partial charge in [-0.1, -0.05) is 24.3 Å². The van der Waals surface area contributed by atoms with Crippen molar-refractivity contribution in [2.45, 2.75) is 39.0 Å². The molecule has 0 fully saturated rings. The minimum atomic E-state index is -0.715. The lowest BCUT2D eigenvalue weighted by atomic mass is 9.93. The number of fused-ring (bicyclic) bond motifs is 4. The number of halogens is 1. The van der Waals surface area contributed by atoms with E-state index in [4.69, 9.17) is 4.74 Å². The zero-order chi connectivity index (χ0) is 25.8. The van der Waals surface area contributed by atoms with E-state index in [1.807, 2.05) is 24.3 Å². The van der Waals surface area contributed by atoms with Crippen LogP contribution in [0.15, 0.2) is 53.3 Å². The van der Waals surface area contributed by atoms with Crippen LogP contribution >= 0.6 is 0 Å². The van der Waals surface area contributed by atoms with Gasteiger partial charge >= 0.3 is 6.09 Å². The Morgan fingerprint density at radius 1 is 1.08 bits per heavy atom.